The second kappa shape index (κ2) is 3.46. The molecule has 0 aliphatic heterocycles. The summed E-state index contributed by atoms with van der Waals surface area (Å²) in [7, 11) is 0. The highest BCUT2D eigenvalue weighted by Gasteiger charge is 2.18. The van der Waals surface area contributed by atoms with Gasteiger partial charge in [-0.3, -0.25) is 4.79 Å². The van der Waals surface area contributed by atoms with Crippen molar-refractivity contribution in [1.29, 1.82) is 0 Å². The van der Waals surface area contributed by atoms with Gasteiger partial charge in [-0.15, -0.1) is 0 Å². The number of hydrogen-bond acceptors (Lipinski definition) is 3. The summed E-state index contributed by atoms with van der Waals surface area (Å²) < 4.78 is 10.9. The molecule has 2 aromatic rings. The van der Waals surface area contributed by atoms with Gasteiger partial charge in [-0.2, -0.15) is 0 Å². The zero-order valence-corrected chi connectivity index (χ0v) is 9.00. The Labute approximate surface area is 88.8 Å². The van der Waals surface area contributed by atoms with Crippen molar-refractivity contribution < 1.29 is 13.6 Å². The maximum atomic E-state index is 11.7. The van der Waals surface area contributed by atoms with Gasteiger partial charge >= 0.3 is 0 Å². The van der Waals surface area contributed by atoms with E-state index in [4.69, 9.17) is 8.83 Å². The van der Waals surface area contributed by atoms with Crippen LogP contribution in [0.15, 0.2) is 37.8 Å². The summed E-state index contributed by atoms with van der Waals surface area (Å²) >= 11 is 3.21. The van der Waals surface area contributed by atoms with E-state index >= 15 is 0 Å². The van der Waals surface area contributed by atoms with Gasteiger partial charge in [0, 0.05) is 0 Å². The van der Waals surface area contributed by atoms with Gasteiger partial charge in [0.1, 0.15) is 5.76 Å². The van der Waals surface area contributed by atoms with Gasteiger partial charge in [0.2, 0.25) is 0 Å². The van der Waals surface area contributed by atoms with Crippen LogP contribution in [0.25, 0.3) is 0 Å². The monoisotopic (exact) mass is 254 g/mol. The van der Waals surface area contributed by atoms with Crippen molar-refractivity contribution in [3.8, 4) is 0 Å². The molecule has 0 N–H and O–H groups in total. The Morgan fingerprint density at radius 3 is 2.64 bits per heavy atom. The molecule has 0 amide bonds. The van der Waals surface area contributed by atoms with Crippen LogP contribution in [-0.2, 0) is 0 Å². The smallest absolute Gasteiger partial charge is 0.264 e. The van der Waals surface area contributed by atoms with Crippen molar-refractivity contribution in [2.24, 2.45) is 0 Å². The second-order valence-corrected chi connectivity index (χ2v) is 3.69. The number of rotatable bonds is 2. The molecular weight excluding hydrogens is 248 g/mol. The SMILES string of the molecule is Cc1ccc(C(=O)c2occc2Br)o1. The van der Waals surface area contributed by atoms with Gasteiger partial charge in [-0.05, 0) is 41.1 Å². The molecule has 0 radical (unpaired) electrons. The van der Waals surface area contributed by atoms with Crippen molar-refractivity contribution in [3.63, 3.8) is 0 Å². The first-order valence-corrected chi connectivity index (χ1v) is 4.82. The van der Waals surface area contributed by atoms with E-state index in [2.05, 4.69) is 15.9 Å². The van der Waals surface area contributed by atoms with E-state index in [1.807, 2.05) is 0 Å². The lowest BCUT2D eigenvalue weighted by atomic mass is 10.2. The van der Waals surface area contributed by atoms with Crippen LogP contribution in [0, 0.1) is 6.92 Å². The van der Waals surface area contributed by atoms with Crippen molar-refractivity contribution in [3.05, 3.63) is 46.2 Å². The average Bonchev–Trinajstić information content (AvgIpc) is 2.73. The fourth-order valence-electron chi connectivity index (χ4n) is 1.12. The van der Waals surface area contributed by atoms with Crippen LogP contribution in [0.2, 0.25) is 0 Å². The Hall–Kier alpha value is -1.29. The van der Waals surface area contributed by atoms with Crippen LogP contribution in [0.5, 0.6) is 0 Å². The lowest BCUT2D eigenvalue weighted by Gasteiger charge is -1.92. The first-order chi connectivity index (χ1) is 6.68. The molecule has 2 heterocycles. The fourth-order valence-corrected chi connectivity index (χ4v) is 1.51. The summed E-state index contributed by atoms with van der Waals surface area (Å²) in [6.07, 6.45) is 1.45. The van der Waals surface area contributed by atoms with Crippen molar-refractivity contribution in [1.82, 2.24) is 0 Å². The maximum absolute atomic E-state index is 11.7. The molecule has 0 saturated heterocycles. The van der Waals surface area contributed by atoms with Crippen LogP contribution in [0.3, 0.4) is 0 Å². The molecule has 0 atom stereocenters. The first-order valence-electron chi connectivity index (χ1n) is 4.02. The topological polar surface area (TPSA) is 43.4 Å². The predicted octanol–water partition coefficient (Wildman–Crippen LogP) is 3.17. The Morgan fingerprint density at radius 1 is 1.36 bits per heavy atom. The Morgan fingerprint density at radius 2 is 2.14 bits per heavy atom. The molecule has 4 heteroatoms. The normalized spacial score (nSPS) is 10.4. The summed E-state index contributed by atoms with van der Waals surface area (Å²) in [5.74, 6) is 1.00. The van der Waals surface area contributed by atoms with E-state index in [0.29, 0.717) is 10.2 Å². The molecule has 0 unspecified atom stereocenters. The zero-order chi connectivity index (χ0) is 10.1. The fraction of sp³-hybridized carbons (Fsp3) is 0.100. The van der Waals surface area contributed by atoms with E-state index < -0.39 is 0 Å². The maximum Gasteiger partial charge on any atom is 0.264 e. The number of hydrogen-bond donors (Lipinski definition) is 0. The molecule has 0 aliphatic rings. The van der Waals surface area contributed by atoms with E-state index in [1.54, 1.807) is 25.1 Å². The largest absolute Gasteiger partial charge is 0.459 e. The van der Waals surface area contributed by atoms with E-state index in [-0.39, 0.29) is 17.3 Å². The summed E-state index contributed by atoms with van der Waals surface area (Å²) in [4.78, 5) is 11.7. The Balaban J connectivity index is 2.38. The third kappa shape index (κ3) is 1.53. The van der Waals surface area contributed by atoms with Crippen LogP contribution in [0.1, 0.15) is 22.1 Å². The number of ketones is 1. The van der Waals surface area contributed by atoms with Gasteiger partial charge in [0.05, 0.1) is 10.7 Å². The molecule has 72 valence electrons. The minimum atomic E-state index is -0.255. The lowest BCUT2D eigenvalue weighted by Crippen LogP contribution is -1.97. The Bertz CT molecular complexity index is 467. The minimum absolute atomic E-state index is 0.255. The highest BCUT2D eigenvalue weighted by atomic mass is 79.9. The van der Waals surface area contributed by atoms with Crippen molar-refractivity contribution >= 4 is 21.7 Å². The van der Waals surface area contributed by atoms with E-state index in [9.17, 15) is 4.79 Å². The molecule has 3 nitrogen and oxygen atoms in total. The van der Waals surface area contributed by atoms with Crippen LogP contribution in [-0.4, -0.2) is 5.78 Å². The van der Waals surface area contributed by atoms with Crippen molar-refractivity contribution in [2.45, 2.75) is 6.92 Å². The molecule has 2 rings (SSSR count). The summed E-state index contributed by atoms with van der Waals surface area (Å²) in [6.45, 7) is 1.79. The molecule has 0 fully saturated rings. The standard InChI is InChI=1S/C10H7BrO3/c1-6-2-3-8(14-6)9(12)10-7(11)4-5-13-10/h2-5H,1H3. The summed E-state index contributed by atoms with van der Waals surface area (Å²) in [6, 6.07) is 5.04. The van der Waals surface area contributed by atoms with Crippen LogP contribution < -0.4 is 0 Å². The third-order valence-corrected chi connectivity index (χ3v) is 2.41. The molecule has 0 aliphatic carbocycles. The zero-order valence-electron chi connectivity index (χ0n) is 7.41. The number of furan rings is 2. The predicted molar refractivity (Wildman–Crippen MR) is 53.3 cm³/mol. The Kier molecular flexibility index (Phi) is 2.29. The molecule has 0 saturated carbocycles. The van der Waals surface area contributed by atoms with Crippen LogP contribution in [0.4, 0.5) is 0 Å². The molecule has 14 heavy (non-hydrogen) atoms. The van der Waals surface area contributed by atoms with E-state index in [0.717, 1.165) is 0 Å². The summed E-state index contributed by atoms with van der Waals surface area (Å²) in [5.41, 5.74) is 0. The number of carbonyl (C=O) groups is 1. The van der Waals surface area contributed by atoms with Crippen molar-refractivity contribution in [2.75, 3.05) is 0 Å². The van der Waals surface area contributed by atoms with Gasteiger partial charge < -0.3 is 8.83 Å². The second-order valence-electron chi connectivity index (χ2n) is 2.84. The number of halogens is 1. The number of carbonyl (C=O) groups excluding carboxylic acids is 1. The molecule has 2 aromatic heterocycles. The minimum Gasteiger partial charge on any atom is -0.459 e. The third-order valence-electron chi connectivity index (χ3n) is 1.79. The molecule has 0 bridgehead atoms. The quantitative estimate of drug-likeness (QED) is 0.774. The summed E-state index contributed by atoms with van der Waals surface area (Å²) in [5, 5.41) is 0. The van der Waals surface area contributed by atoms with Gasteiger partial charge in [-0.1, -0.05) is 0 Å². The number of aryl methyl sites for hydroxylation is 1. The average molecular weight is 255 g/mol. The van der Waals surface area contributed by atoms with Gasteiger partial charge in [-0.25, -0.2) is 0 Å². The molecule has 0 aromatic carbocycles. The highest BCUT2D eigenvalue weighted by molar-refractivity contribution is 9.10. The highest BCUT2D eigenvalue weighted by Crippen LogP contribution is 2.21. The first kappa shape index (κ1) is 9.27. The lowest BCUT2D eigenvalue weighted by molar-refractivity contribution is 0.0981. The van der Waals surface area contributed by atoms with Crippen LogP contribution >= 0.6 is 15.9 Å². The van der Waals surface area contributed by atoms with E-state index in [1.165, 1.54) is 6.26 Å². The van der Waals surface area contributed by atoms with Gasteiger partial charge in [0.15, 0.2) is 11.5 Å². The molecule has 0 spiro atoms. The van der Waals surface area contributed by atoms with Gasteiger partial charge in [0.25, 0.3) is 5.78 Å². The molecular formula is C10H7BrO3.